The third-order valence-electron chi connectivity index (χ3n) is 2.43. The Morgan fingerprint density at radius 1 is 1.33 bits per heavy atom. The van der Waals surface area contributed by atoms with Crippen molar-refractivity contribution in [2.24, 2.45) is 0 Å². The third-order valence-corrected chi connectivity index (χ3v) is 2.43. The van der Waals surface area contributed by atoms with Gasteiger partial charge in [0.05, 0.1) is 0 Å². The number of aromatic hydroxyl groups is 2. The molecule has 3 nitrogen and oxygen atoms in total. The maximum absolute atomic E-state index is 11.1. The Bertz CT molecular complexity index is 380. The summed E-state index contributed by atoms with van der Waals surface area (Å²) in [5.74, 6) is -0.226. The molecule has 0 heterocycles. The molecule has 0 bridgehead atoms. The van der Waals surface area contributed by atoms with Gasteiger partial charge in [0.1, 0.15) is 5.78 Å². The number of phenols is 2. The first kappa shape index (κ1) is 11.6. The Balaban J connectivity index is 3.14. The van der Waals surface area contributed by atoms with Gasteiger partial charge in [0.25, 0.3) is 0 Å². The van der Waals surface area contributed by atoms with E-state index in [0.29, 0.717) is 12.0 Å². The van der Waals surface area contributed by atoms with Crippen LogP contribution in [-0.2, 0) is 10.2 Å². The van der Waals surface area contributed by atoms with Crippen LogP contribution in [0.4, 0.5) is 0 Å². The van der Waals surface area contributed by atoms with Crippen molar-refractivity contribution in [3.05, 3.63) is 23.8 Å². The van der Waals surface area contributed by atoms with Crippen LogP contribution in [0.25, 0.3) is 0 Å². The number of carbonyl (C=O) groups is 1. The molecule has 0 saturated carbocycles. The topological polar surface area (TPSA) is 57.5 Å². The summed E-state index contributed by atoms with van der Waals surface area (Å²) in [6, 6.07) is 4.80. The van der Waals surface area contributed by atoms with E-state index in [1.807, 2.05) is 13.8 Å². The average molecular weight is 208 g/mol. The third kappa shape index (κ3) is 2.49. The summed E-state index contributed by atoms with van der Waals surface area (Å²) >= 11 is 0. The van der Waals surface area contributed by atoms with Crippen LogP contribution in [0, 0.1) is 0 Å². The molecule has 82 valence electrons. The highest BCUT2D eigenvalue weighted by Gasteiger charge is 2.26. The summed E-state index contributed by atoms with van der Waals surface area (Å²) in [4.78, 5) is 11.1. The zero-order valence-corrected chi connectivity index (χ0v) is 9.24. The molecule has 0 spiro atoms. The lowest BCUT2D eigenvalue weighted by Crippen LogP contribution is -2.20. The number of benzene rings is 1. The van der Waals surface area contributed by atoms with Crippen LogP contribution >= 0.6 is 0 Å². The molecule has 3 heteroatoms. The number of rotatable bonds is 3. The van der Waals surface area contributed by atoms with Crippen LogP contribution in [0.2, 0.25) is 0 Å². The lowest BCUT2D eigenvalue weighted by molar-refractivity contribution is -0.118. The van der Waals surface area contributed by atoms with Crippen LogP contribution in [0.3, 0.4) is 0 Å². The second-order valence-corrected chi connectivity index (χ2v) is 4.44. The molecule has 1 aromatic carbocycles. The Labute approximate surface area is 89.4 Å². The molecule has 0 aliphatic heterocycles. The fourth-order valence-corrected chi connectivity index (χ4v) is 1.80. The van der Waals surface area contributed by atoms with E-state index in [1.165, 1.54) is 13.0 Å². The number of phenolic OH excluding ortho intramolecular Hbond substituents is 2. The van der Waals surface area contributed by atoms with E-state index < -0.39 is 5.41 Å². The summed E-state index contributed by atoms with van der Waals surface area (Å²) in [5, 5.41) is 19.0. The molecule has 0 aromatic heterocycles. The number of hydrogen-bond donors (Lipinski definition) is 2. The largest absolute Gasteiger partial charge is 0.504 e. The summed E-state index contributed by atoms with van der Waals surface area (Å²) in [7, 11) is 0. The normalized spacial score (nSPS) is 11.4. The van der Waals surface area contributed by atoms with Gasteiger partial charge in [-0.15, -0.1) is 0 Å². The van der Waals surface area contributed by atoms with Crippen molar-refractivity contribution in [3.63, 3.8) is 0 Å². The number of carbonyl (C=O) groups excluding carboxylic acids is 1. The number of para-hydroxylation sites is 1. The Hall–Kier alpha value is -1.51. The smallest absolute Gasteiger partial charge is 0.161 e. The summed E-state index contributed by atoms with van der Waals surface area (Å²) in [5.41, 5.74) is 0.131. The minimum Gasteiger partial charge on any atom is -0.504 e. The van der Waals surface area contributed by atoms with Gasteiger partial charge in [0, 0.05) is 17.4 Å². The van der Waals surface area contributed by atoms with E-state index in [0.717, 1.165) is 0 Å². The van der Waals surface area contributed by atoms with E-state index in [2.05, 4.69) is 0 Å². The Morgan fingerprint density at radius 3 is 2.47 bits per heavy atom. The molecular weight excluding hydrogens is 192 g/mol. The Morgan fingerprint density at radius 2 is 1.93 bits per heavy atom. The molecule has 0 amide bonds. The van der Waals surface area contributed by atoms with Gasteiger partial charge in [0.2, 0.25) is 0 Å². The van der Waals surface area contributed by atoms with Crippen molar-refractivity contribution in [1.82, 2.24) is 0 Å². The lowest BCUT2D eigenvalue weighted by atomic mass is 9.80. The zero-order valence-electron chi connectivity index (χ0n) is 9.24. The second kappa shape index (κ2) is 3.93. The van der Waals surface area contributed by atoms with Crippen molar-refractivity contribution in [3.8, 4) is 11.5 Å². The molecule has 0 aliphatic carbocycles. The van der Waals surface area contributed by atoms with E-state index in [4.69, 9.17) is 0 Å². The number of Topliss-reactive ketones (excluding diaryl/α,β-unsaturated/α-hetero) is 1. The van der Waals surface area contributed by atoms with Gasteiger partial charge in [-0.25, -0.2) is 0 Å². The molecule has 0 saturated heterocycles. The van der Waals surface area contributed by atoms with Crippen LogP contribution < -0.4 is 0 Å². The van der Waals surface area contributed by atoms with Crippen LogP contribution in [0.1, 0.15) is 32.8 Å². The van der Waals surface area contributed by atoms with Crippen molar-refractivity contribution in [1.29, 1.82) is 0 Å². The first-order chi connectivity index (χ1) is 6.84. The fourth-order valence-electron chi connectivity index (χ4n) is 1.80. The van der Waals surface area contributed by atoms with Crippen LogP contribution in [0.15, 0.2) is 18.2 Å². The molecule has 0 aliphatic rings. The first-order valence-corrected chi connectivity index (χ1v) is 4.85. The predicted octanol–water partition coefficient (Wildman–Crippen LogP) is 2.35. The van der Waals surface area contributed by atoms with Crippen molar-refractivity contribution >= 4 is 5.78 Å². The Kier molecular flexibility index (Phi) is 3.03. The van der Waals surface area contributed by atoms with Gasteiger partial charge >= 0.3 is 0 Å². The van der Waals surface area contributed by atoms with Crippen LogP contribution in [0.5, 0.6) is 11.5 Å². The molecule has 0 radical (unpaired) electrons. The SMILES string of the molecule is CC(=O)CC(C)(C)c1cccc(O)c1O. The van der Waals surface area contributed by atoms with E-state index in [9.17, 15) is 15.0 Å². The molecule has 2 N–H and O–H groups in total. The van der Waals surface area contributed by atoms with Crippen molar-refractivity contribution < 1.29 is 15.0 Å². The van der Waals surface area contributed by atoms with Gasteiger partial charge in [-0.05, 0) is 13.0 Å². The standard InChI is InChI=1S/C12H16O3/c1-8(13)7-12(2,3)9-5-4-6-10(14)11(9)15/h4-6,14-15H,7H2,1-3H3. The zero-order chi connectivity index (χ0) is 11.6. The van der Waals surface area contributed by atoms with Gasteiger partial charge in [-0.1, -0.05) is 26.0 Å². The molecule has 0 atom stereocenters. The highest BCUT2D eigenvalue weighted by Crippen LogP contribution is 2.38. The number of ketones is 1. The lowest BCUT2D eigenvalue weighted by Gasteiger charge is -2.24. The van der Waals surface area contributed by atoms with Crippen LogP contribution in [-0.4, -0.2) is 16.0 Å². The van der Waals surface area contributed by atoms with Gasteiger partial charge < -0.3 is 10.2 Å². The summed E-state index contributed by atoms with van der Waals surface area (Å²) in [6.45, 7) is 5.24. The van der Waals surface area contributed by atoms with E-state index >= 15 is 0 Å². The molecule has 1 aromatic rings. The summed E-state index contributed by atoms with van der Waals surface area (Å²) in [6.07, 6.45) is 0.337. The predicted molar refractivity (Wildman–Crippen MR) is 58.1 cm³/mol. The highest BCUT2D eigenvalue weighted by atomic mass is 16.3. The minimum absolute atomic E-state index is 0.0581. The van der Waals surface area contributed by atoms with Gasteiger partial charge in [-0.2, -0.15) is 0 Å². The highest BCUT2D eigenvalue weighted by molar-refractivity contribution is 5.77. The molecule has 15 heavy (non-hydrogen) atoms. The molecule has 0 fully saturated rings. The molecule has 1 rings (SSSR count). The van der Waals surface area contributed by atoms with E-state index in [-0.39, 0.29) is 17.3 Å². The molecule has 0 unspecified atom stereocenters. The number of hydrogen-bond acceptors (Lipinski definition) is 3. The monoisotopic (exact) mass is 208 g/mol. The van der Waals surface area contributed by atoms with Crippen molar-refractivity contribution in [2.45, 2.75) is 32.6 Å². The quantitative estimate of drug-likeness (QED) is 0.750. The molecular formula is C12H16O3. The minimum atomic E-state index is -0.464. The second-order valence-electron chi connectivity index (χ2n) is 4.44. The maximum Gasteiger partial charge on any atom is 0.161 e. The van der Waals surface area contributed by atoms with Gasteiger partial charge in [0.15, 0.2) is 11.5 Å². The van der Waals surface area contributed by atoms with E-state index in [1.54, 1.807) is 12.1 Å². The summed E-state index contributed by atoms with van der Waals surface area (Å²) < 4.78 is 0. The van der Waals surface area contributed by atoms with Crippen molar-refractivity contribution in [2.75, 3.05) is 0 Å². The fraction of sp³-hybridized carbons (Fsp3) is 0.417. The maximum atomic E-state index is 11.1. The van der Waals surface area contributed by atoms with Gasteiger partial charge in [-0.3, -0.25) is 4.79 Å². The average Bonchev–Trinajstić information content (AvgIpc) is 2.07. The first-order valence-electron chi connectivity index (χ1n) is 4.85.